The van der Waals surface area contributed by atoms with Crippen LogP contribution in [0.2, 0.25) is 0 Å². The van der Waals surface area contributed by atoms with Crippen LogP contribution in [-0.4, -0.2) is 28.5 Å². The Bertz CT molecular complexity index is 769. The maximum Gasteiger partial charge on any atom is 0.270 e. The Balaban J connectivity index is 2.02. The summed E-state index contributed by atoms with van der Waals surface area (Å²) in [4.78, 5) is 27.3. The molecule has 1 aliphatic rings. The Hall–Kier alpha value is -2.54. The minimum atomic E-state index is -0.459. The van der Waals surface area contributed by atoms with E-state index in [1.165, 1.54) is 12.1 Å². The fraction of sp³-hybridized carbons (Fsp3) is 0.375. The van der Waals surface area contributed by atoms with Crippen molar-refractivity contribution >= 4 is 28.2 Å². The smallest absolute Gasteiger partial charge is 0.270 e. The van der Waals surface area contributed by atoms with E-state index in [4.69, 9.17) is 4.74 Å². The topological polar surface area (TPSA) is 94.4 Å². The van der Waals surface area contributed by atoms with E-state index in [0.29, 0.717) is 36.0 Å². The normalized spacial score (nSPS) is 17.3. The molecule has 7 heteroatoms. The number of amides is 1. The van der Waals surface area contributed by atoms with Crippen LogP contribution in [0.4, 0.5) is 11.4 Å². The summed E-state index contributed by atoms with van der Waals surface area (Å²) in [6.45, 7) is 2.55. The quantitative estimate of drug-likeness (QED) is 0.691. The lowest BCUT2D eigenvalue weighted by Gasteiger charge is -2.13. The number of carbonyl (C=O) groups is 1. The number of rotatable bonds is 4. The number of anilines is 1. The van der Waals surface area contributed by atoms with Crippen molar-refractivity contribution in [1.82, 2.24) is 4.98 Å². The molecule has 1 fully saturated rings. The van der Waals surface area contributed by atoms with Gasteiger partial charge in [0.05, 0.1) is 16.1 Å². The fourth-order valence-electron chi connectivity index (χ4n) is 2.66. The molecule has 0 unspecified atom stereocenters. The number of nitrogens with one attached hydrogen (secondary N) is 1. The Morgan fingerprint density at radius 2 is 2.30 bits per heavy atom. The lowest BCUT2D eigenvalue weighted by atomic mass is 10.1. The number of pyridine rings is 1. The maximum atomic E-state index is 12.3. The number of aromatic nitrogens is 1. The molecule has 3 rings (SSSR count). The van der Waals surface area contributed by atoms with Crippen molar-refractivity contribution in [3.05, 3.63) is 40.1 Å². The van der Waals surface area contributed by atoms with Gasteiger partial charge >= 0.3 is 0 Å². The van der Waals surface area contributed by atoms with Crippen LogP contribution in [0.3, 0.4) is 0 Å². The number of fused-ring (bicyclic) bond motifs is 1. The van der Waals surface area contributed by atoms with E-state index in [-0.39, 0.29) is 11.6 Å². The number of non-ortho nitro benzene ring substituents is 1. The van der Waals surface area contributed by atoms with Crippen molar-refractivity contribution in [3.63, 3.8) is 0 Å². The zero-order valence-corrected chi connectivity index (χ0v) is 12.7. The number of hydrogen-bond acceptors (Lipinski definition) is 5. The van der Waals surface area contributed by atoms with Crippen LogP contribution in [0.25, 0.3) is 10.9 Å². The zero-order valence-electron chi connectivity index (χ0n) is 12.7. The van der Waals surface area contributed by atoms with Crippen molar-refractivity contribution < 1.29 is 14.5 Å². The SMILES string of the molecule is CCc1cc(NC(=O)[C@@H]2CCCO2)c2cc([N+](=O)[O-])ccc2n1. The van der Waals surface area contributed by atoms with Gasteiger partial charge in [0.15, 0.2) is 0 Å². The Morgan fingerprint density at radius 1 is 1.48 bits per heavy atom. The average molecular weight is 315 g/mol. The third kappa shape index (κ3) is 3.14. The molecular weight excluding hydrogens is 298 g/mol. The summed E-state index contributed by atoms with van der Waals surface area (Å²) in [5.41, 5.74) is 1.94. The van der Waals surface area contributed by atoms with Gasteiger partial charge in [-0.15, -0.1) is 0 Å². The van der Waals surface area contributed by atoms with Crippen LogP contribution >= 0.6 is 0 Å². The highest BCUT2D eigenvalue weighted by Crippen LogP contribution is 2.28. The minimum Gasteiger partial charge on any atom is -0.368 e. The first-order valence-corrected chi connectivity index (χ1v) is 7.59. The van der Waals surface area contributed by atoms with Crippen molar-refractivity contribution in [2.45, 2.75) is 32.3 Å². The van der Waals surface area contributed by atoms with Gasteiger partial charge in [-0.3, -0.25) is 19.9 Å². The molecule has 23 heavy (non-hydrogen) atoms. The number of benzene rings is 1. The van der Waals surface area contributed by atoms with E-state index >= 15 is 0 Å². The number of nitro benzene ring substituents is 1. The van der Waals surface area contributed by atoms with Crippen LogP contribution in [0.1, 0.15) is 25.5 Å². The molecule has 0 spiro atoms. The summed E-state index contributed by atoms with van der Waals surface area (Å²) >= 11 is 0. The van der Waals surface area contributed by atoms with Crippen LogP contribution in [0.5, 0.6) is 0 Å². The summed E-state index contributed by atoms with van der Waals surface area (Å²) in [5, 5.41) is 14.4. The number of carbonyl (C=O) groups excluding carboxylic acids is 1. The molecular formula is C16H17N3O4. The molecule has 2 heterocycles. The molecule has 120 valence electrons. The fourth-order valence-corrected chi connectivity index (χ4v) is 2.66. The molecule has 1 atom stereocenters. The first kappa shape index (κ1) is 15.4. The van der Waals surface area contributed by atoms with Gasteiger partial charge in [-0.05, 0) is 31.4 Å². The third-order valence-corrected chi connectivity index (χ3v) is 3.90. The first-order chi connectivity index (χ1) is 11.1. The lowest BCUT2D eigenvalue weighted by Crippen LogP contribution is -2.27. The minimum absolute atomic E-state index is 0.0313. The number of nitro groups is 1. The van der Waals surface area contributed by atoms with Crippen molar-refractivity contribution in [3.8, 4) is 0 Å². The Morgan fingerprint density at radius 3 is 2.96 bits per heavy atom. The van der Waals surface area contributed by atoms with Gasteiger partial charge in [-0.1, -0.05) is 6.92 Å². The van der Waals surface area contributed by atoms with E-state index in [9.17, 15) is 14.9 Å². The van der Waals surface area contributed by atoms with Crippen molar-refractivity contribution in [2.75, 3.05) is 11.9 Å². The van der Waals surface area contributed by atoms with Crippen molar-refractivity contribution in [1.29, 1.82) is 0 Å². The van der Waals surface area contributed by atoms with Gasteiger partial charge in [-0.2, -0.15) is 0 Å². The number of aryl methyl sites for hydroxylation is 1. The van der Waals surface area contributed by atoms with E-state index in [2.05, 4.69) is 10.3 Å². The van der Waals surface area contributed by atoms with Gasteiger partial charge in [-0.25, -0.2) is 0 Å². The molecule has 0 bridgehead atoms. The van der Waals surface area contributed by atoms with Gasteiger partial charge in [0.2, 0.25) is 0 Å². The van der Waals surface area contributed by atoms with Crippen LogP contribution in [-0.2, 0) is 16.0 Å². The Labute approximate surface area is 132 Å². The highest BCUT2D eigenvalue weighted by Gasteiger charge is 2.24. The maximum absolute atomic E-state index is 12.3. The van der Waals surface area contributed by atoms with Crippen LogP contribution in [0.15, 0.2) is 24.3 Å². The number of ether oxygens (including phenoxy) is 1. The first-order valence-electron chi connectivity index (χ1n) is 7.59. The molecule has 1 aliphatic heterocycles. The number of nitrogens with zero attached hydrogens (tertiary/aromatic N) is 2. The molecule has 1 aromatic carbocycles. The molecule has 1 aromatic heterocycles. The van der Waals surface area contributed by atoms with E-state index in [0.717, 1.165) is 12.1 Å². The molecule has 2 aromatic rings. The summed E-state index contributed by atoms with van der Waals surface area (Å²) in [7, 11) is 0. The summed E-state index contributed by atoms with van der Waals surface area (Å²) in [6, 6.07) is 6.22. The van der Waals surface area contributed by atoms with E-state index < -0.39 is 11.0 Å². The lowest BCUT2D eigenvalue weighted by molar-refractivity contribution is -0.384. The van der Waals surface area contributed by atoms with Gasteiger partial charge in [0, 0.05) is 29.8 Å². The molecule has 0 saturated carbocycles. The van der Waals surface area contributed by atoms with Crippen LogP contribution < -0.4 is 5.32 Å². The molecule has 0 radical (unpaired) electrons. The van der Waals surface area contributed by atoms with Crippen molar-refractivity contribution in [2.24, 2.45) is 0 Å². The van der Waals surface area contributed by atoms with E-state index in [1.807, 2.05) is 6.92 Å². The third-order valence-electron chi connectivity index (χ3n) is 3.90. The standard InChI is InChI=1S/C16H17N3O4/c1-2-10-8-14(18-16(20)15-4-3-7-23-15)12-9-11(19(21)22)5-6-13(12)17-10/h5-6,8-9,15H,2-4,7H2,1H3,(H,17,18,20)/t15-/m0/s1. The number of hydrogen-bond donors (Lipinski definition) is 1. The van der Waals surface area contributed by atoms with Crippen LogP contribution in [0, 0.1) is 10.1 Å². The molecule has 0 aliphatic carbocycles. The largest absolute Gasteiger partial charge is 0.368 e. The predicted molar refractivity (Wildman–Crippen MR) is 85.4 cm³/mol. The Kier molecular flexibility index (Phi) is 4.20. The van der Waals surface area contributed by atoms with E-state index in [1.54, 1.807) is 12.1 Å². The highest BCUT2D eigenvalue weighted by atomic mass is 16.6. The molecule has 1 N–H and O–H groups in total. The zero-order chi connectivity index (χ0) is 16.4. The highest BCUT2D eigenvalue weighted by molar-refractivity contribution is 6.03. The van der Waals surface area contributed by atoms with Gasteiger partial charge < -0.3 is 10.1 Å². The summed E-state index contributed by atoms with van der Waals surface area (Å²) < 4.78 is 5.38. The second-order valence-electron chi connectivity index (χ2n) is 5.46. The monoisotopic (exact) mass is 315 g/mol. The molecule has 7 nitrogen and oxygen atoms in total. The average Bonchev–Trinajstić information content (AvgIpc) is 3.08. The summed E-state index contributed by atoms with van der Waals surface area (Å²) in [5.74, 6) is -0.219. The molecule has 1 amide bonds. The van der Waals surface area contributed by atoms with Gasteiger partial charge in [0.25, 0.3) is 11.6 Å². The molecule has 1 saturated heterocycles. The summed E-state index contributed by atoms with van der Waals surface area (Å²) in [6.07, 6.45) is 1.80. The predicted octanol–water partition coefficient (Wildman–Crippen LogP) is 2.82. The van der Waals surface area contributed by atoms with Gasteiger partial charge in [0.1, 0.15) is 6.10 Å². The second-order valence-corrected chi connectivity index (χ2v) is 5.46. The second kappa shape index (κ2) is 6.29.